The zero-order valence-corrected chi connectivity index (χ0v) is 16.9. The lowest BCUT2D eigenvalue weighted by Gasteiger charge is -2.09. The summed E-state index contributed by atoms with van der Waals surface area (Å²) in [5.41, 5.74) is 3.92. The van der Waals surface area contributed by atoms with Crippen LogP contribution in [0.4, 0.5) is 0 Å². The minimum Gasteiger partial charge on any atom is -0.291 e. The highest BCUT2D eigenvalue weighted by molar-refractivity contribution is 5.92. The summed E-state index contributed by atoms with van der Waals surface area (Å²) in [6.07, 6.45) is 5.62. The van der Waals surface area contributed by atoms with Gasteiger partial charge in [0.2, 0.25) is 11.6 Å². The second-order valence-corrected chi connectivity index (χ2v) is 6.90. The van der Waals surface area contributed by atoms with Crippen molar-refractivity contribution < 1.29 is 4.79 Å². The molecular formula is C21H22N8O. The van der Waals surface area contributed by atoms with Crippen LogP contribution in [0.15, 0.2) is 42.7 Å². The van der Waals surface area contributed by atoms with Crippen LogP contribution in [0.2, 0.25) is 0 Å². The lowest BCUT2D eigenvalue weighted by Crippen LogP contribution is -2.07. The monoisotopic (exact) mass is 402 g/mol. The van der Waals surface area contributed by atoms with Gasteiger partial charge < -0.3 is 0 Å². The Morgan fingerprint density at radius 2 is 1.93 bits per heavy atom. The molecule has 0 radical (unpaired) electrons. The lowest BCUT2D eigenvalue weighted by molar-refractivity contribution is 0.0978. The van der Waals surface area contributed by atoms with E-state index in [4.69, 9.17) is 0 Å². The fraction of sp³-hybridized carbons (Fsp3) is 0.286. The number of pyridine rings is 1. The Bertz CT molecular complexity index is 1130. The number of carbonyl (C=O) groups excluding carboxylic acids is 1. The first-order valence-electron chi connectivity index (χ1n) is 9.94. The number of carbonyl (C=O) groups is 1. The number of benzene rings is 1. The summed E-state index contributed by atoms with van der Waals surface area (Å²) in [5, 5.41) is 18.5. The summed E-state index contributed by atoms with van der Waals surface area (Å²) in [6.45, 7) is 4.48. The third-order valence-corrected chi connectivity index (χ3v) is 4.81. The van der Waals surface area contributed by atoms with Crippen molar-refractivity contribution >= 4 is 5.78 Å². The molecule has 0 atom stereocenters. The van der Waals surface area contributed by atoms with Crippen LogP contribution in [0, 0.1) is 0 Å². The number of hydrogen-bond donors (Lipinski definition) is 1. The summed E-state index contributed by atoms with van der Waals surface area (Å²) in [7, 11) is 0. The van der Waals surface area contributed by atoms with Crippen molar-refractivity contribution in [2.75, 3.05) is 0 Å². The highest BCUT2D eigenvalue weighted by Crippen LogP contribution is 2.29. The number of Topliss-reactive ketones (excluding diaryl/α,β-unsaturated/α-hetero) is 1. The molecule has 0 bridgehead atoms. The fourth-order valence-corrected chi connectivity index (χ4v) is 3.26. The van der Waals surface area contributed by atoms with Crippen molar-refractivity contribution in [2.45, 2.75) is 39.7 Å². The van der Waals surface area contributed by atoms with Crippen molar-refractivity contribution in [2.24, 2.45) is 0 Å². The SMILES string of the molecule is CCCc1nc(C(=O)CC)nn1Cc1ccc(-c2ccncc2-c2nnn[nH]2)cc1. The largest absolute Gasteiger partial charge is 0.291 e. The van der Waals surface area contributed by atoms with Gasteiger partial charge in [0.15, 0.2) is 5.82 Å². The summed E-state index contributed by atoms with van der Waals surface area (Å²) < 4.78 is 1.83. The van der Waals surface area contributed by atoms with Gasteiger partial charge >= 0.3 is 0 Å². The minimum absolute atomic E-state index is 0.0337. The van der Waals surface area contributed by atoms with Gasteiger partial charge in [0, 0.05) is 30.8 Å². The Morgan fingerprint density at radius 3 is 2.63 bits per heavy atom. The van der Waals surface area contributed by atoms with Crippen LogP contribution >= 0.6 is 0 Å². The summed E-state index contributed by atoms with van der Waals surface area (Å²) in [4.78, 5) is 20.6. The molecule has 0 saturated carbocycles. The zero-order valence-electron chi connectivity index (χ0n) is 16.9. The van der Waals surface area contributed by atoms with E-state index in [1.807, 2.05) is 29.8 Å². The van der Waals surface area contributed by atoms with Crippen molar-refractivity contribution in [1.29, 1.82) is 0 Å². The second-order valence-electron chi connectivity index (χ2n) is 6.90. The molecule has 30 heavy (non-hydrogen) atoms. The maximum atomic E-state index is 12.0. The minimum atomic E-state index is -0.0337. The van der Waals surface area contributed by atoms with Gasteiger partial charge in [0.1, 0.15) is 5.82 Å². The first-order chi connectivity index (χ1) is 14.7. The molecule has 0 aliphatic carbocycles. The van der Waals surface area contributed by atoms with Crippen LogP contribution in [0.5, 0.6) is 0 Å². The van der Waals surface area contributed by atoms with Crippen molar-refractivity contribution in [1.82, 2.24) is 40.4 Å². The summed E-state index contributed by atoms with van der Waals surface area (Å²) in [5.74, 6) is 1.68. The first-order valence-corrected chi connectivity index (χ1v) is 9.94. The van der Waals surface area contributed by atoms with E-state index in [0.29, 0.717) is 24.6 Å². The number of tetrazole rings is 1. The van der Waals surface area contributed by atoms with Gasteiger partial charge in [0.05, 0.1) is 6.54 Å². The number of H-pyrrole nitrogens is 1. The number of nitrogens with one attached hydrogen (secondary N) is 1. The average Bonchev–Trinajstić information content (AvgIpc) is 3.45. The predicted octanol–water partition coefficient (Wildman–Crippen LogP) is 3.11. The van der Waals surface area contributed by atoms with Crippen LogP contribution < -0.4 is 0 Å². The Hall–Kier alpha value is -3.75. The van der Waals surface area contributed by atoms with E-state index in [1.54, 1.807) is 12.4 Å². The molecule has 9 heteroatoms. The number of aromatic nitrogens is 8. The molecule has 152 valence electrons. The van der Waals surface area contributed by atoms with E-state index < -0.39 is 0 Å². The molecule has 1 N–H and O–H groups in total. The molecule has 0 unspecified atom stereocenters. The van der Waals surface area contributed by atoms with Gasteiger partial charge in [-0.3, -0.25) is 9.78 Å². The molecule has 0 amide bonds. The van der Waals surface area contributed by atoms with Gasteiger partial charge in [0.25, 0.3) is 0 Å². The third kappa shape index (κ3) is 4.00. The fourth-order valence-electron chi connectivity index (χ4n) is 3.26. The molecule has 0 aliphatic heterocycles. The van der Waals surface area contributed by atoms with Gasteiger partial charge in [-0.15, -0.1) is 10.2 Å². The van der Waals surface area contributed by atoms with Crippen molar-refractivity contribution in [3.8, 4) is 22.5 Å². The molecule has 9 nitrogen and oxygen atoms in total. The smallest absolute Gasteiger partial charge is 0.217 e. The molecule has 4 aromatic rings. The number of aromatic amines is 1. The summed E-state index contributed by atoms with van der Waals surface area (Å²) >= 11 is 0. The van der Waals surface area contributed by atoms with Gasteiger partial charge in [-0.2, -0.15) is 0 Å². The van der Waals surface area contributed by atoms with E-state index in [9.17, 15) is 4.79 Å². The Morgan fingerprint density at radius 1 is 1.10 bits per heavy atom. The average molecular weight is 402 g/mol. The normalized spacial score (nSPS) is 11.0. The van der Waals surface area contributed by atoms with E-state index >= 15 is 0 Å². The van der Waals surface area contributed by atoms with Crippen LogP contribution in [-0.4, -0.2) is 46.2 Å². The first kappa shape index (κ1) is 19.6. The van der Waals surface area contributed by atoms with E-state index in [-0.39, 0.29) is 5.78 Å². The Labute approximate surface area is 173 Å². The quantitative estimate of drug-likeness (QED) is 0.450. The van der Waals surface area contributed by atoms with E-state index in [1.165, 1.54) is 0 Å². The van der Waals surface area contributed by atoms with Gasteiger partial charge in [-0.1, -0.05) is 38.1 Å². The molecule has 3 aromatic heterocycles. The lowest BCUT2D eigenvalue weighted by atomic mass is 10.00. The maximum Gasteiger partial charge on any atom is 0.217 e. The number of aryl methyl sites for hydroxylation is 1. The maximum absolute atomic E-state index is 12.0. The molecule has 0 fully saturated rings. The number of ketones is 1. The van der Waals surface area contributed by atoms with Crippen LogP contribution in [0.25, 0.3) is 22.5 Å². The summed E-state index contributed by atoms with van der Waals surface area (Å²) in [6, 6.07) is 10.1. The molecule has 0 spiro atoms. The predicted molar refractivity (Wildman–Crippen MR) is 111 cm³/mol. The van der Waals surface area contributed by atoms with Gasteiger partial charge in [-0.25, -0.2) is 14.8 Å². The Balaban J connectivity index is 1.60. The van der Waals surface area contributed by atoms with Gasteiger partial charge in [-0.05, 0) is 39.6 Å². The molecule has 4 rings (SSSR count). The highest BCUT2D eigenvalue weighted by Gasteiger charge is 2.15. The highest BCUT2D eigenvalue weighted by atomic mass is 16.1. The number of rotatable bonds is 8. The van der Waals surface area contributed by atoms with Crippen LogP contribution in [0.3, 0.4) is 0 Å². The standard InChI is InChI=1S/C21H22N8O/c1-3-5-19-23-21(18(30)4-2)26-29(19)13-14-6-8-15(9-7-14)16-10-11-22-12-17(16)20-24-27-28-25-20/h6-12H,3-5,13H2,1-2H3,(H,24,25,27,28). The molecule has 0 saturated heterocycles. The van der Waals surface area contributed by atoms with Crippen LogP contribution in [-0.2, 0) is 13.0 Å². The van der Waals surface area contributed by atoms with E-state index in [0.717, 1.165) is 40.9 Å². The molecular weight excluding hydrogens is 380 g/mol. The van der Waals surface area contributed by atoms with Crippen molar-refractivity contribution in [3.63, 3.8) is 0 Å². The third-order valence-electron chi connectivity index (χ3n) is 4.81. The number of nitrogens with zero attached hydrogens (tertiary/aromatic N) is 7. The molecule has 0 aliphatic rings. The number of hydrogen-bond acceptors (Lipinski definition) is 7. The Kier molecular flexibility index (Phi) is 5.69. The van der Waals surface area contributed by atoms with E-state index in [2.05, 4.69) is 54.7 Å². The zero-order chi connectivity index (χ0) is 20.9. The molecule has 1 aromatic carbocycles. The molecule has 3 heterocycles. The second kappa shape index (κ2) is 8.73. The topological polar surface area (TPSA) is 115 Å². The van der Waals surface area contributed by atoms with Crippen LogP contribution in [0.1, 0.15) is 48.7 Å². The van der Waals surface area contributed by atoms with Crippen molar-refractivity contribution in [3.05, 3.63) is 59.9 Å².